The lowest BCUT2D eigenvalue weighted by Gasteiger charge is -2.05. The Morgan fingerprint density at radius 1 is 1.31 bits per heavy atom. The van der Waals surface area contributed by atoms with Crippen molar-refractivity contribution in [1.82, 2.24) is 10.8 Å². The molecule has 0 saturated carbocycles. The van der Waals surface area contributed by atoms with Gasteiger partial charge in [-0.05, 0) is 12.1 Å². The van der Waals surface area contributed by atoms with Crippen molar-refractivity contribution in [2.45, 2.75) is 6.42 Å². The van der Waals surface area contributed by atoms with Crippen LogP contribution in [0.3, 0.4) is 0 Å². The summed E-state index contributed by atoms with van der Waals surface area (Å²) in [5.41, 5.74) is 1.83. The van der Waals surface area contributed by atoms with Crippen LogP contribution in [0.1, 0.15) is 16.8 Å². The molecule has 16 heavy (non-hydrogen) atoms. The molecule has 0 aliphatic rings. The van der Waals surface area contributed by atoms with Gasteiger partial charge in [0.15, 0.2) is 0 Å². The molecule has 86 valence electrons. The first kappa shape index (κ1) is 12.5. The first-order valence-corrected chi connectivity index (χ1v) is 4.98. The summed E-state index contributed by atoms with van der Waals surface area (Å²) in [4.78, 5) is 22.2. The number of carbonyl (C=O) groups excluding carboxylic acids is 2. The minimum Gasteiger partial charge on any atom is -0.351 e. The summed E-state index contributed by atoms with van der Waals surface area (Å²) in [5.74, 6) is -0.907. The maximum Gasteiger partial charge on any atom is 0.252 e. The Balaban J connectivity index is 2.47. The van der Waals surface area contributed by atoms with Gasteiger partial charge in [0.1, 0.15) is 0 Å². The van der Waals surface area contributed by atoms with E-state index in [2.05, 4.69) is 5.32 Å². The lowest BCUT2D eigenvalue weighted by Crippen LogP contribution is -2.29. The van der Waals surface area contributed by atoms with Crippen molar-refractivity contribution >= 4 is 23.4 Å². The van der Waals surface area contributed by atoms with E-state index in [0.29, 0.717) is 10.6 Å². The van der Waals surface area contributed by atoms with E-state index in [0.717, 1.165) is 0 Å². The number of benzene rings is 1. The maximum absolute atomic E-state index is 11.5. The highest BCUT2D eigenvalue weighted by molar-refractivity contribution is 6.33. The molecule has 0 heterocycles. The first-order chi connectivity index (χ1) is 7.65. The zero-order valence-corrected chi connectivity index (χ0v) is 9.12. The molecule has 0 bridgehead atoms. The van der Waals surface area contributed by atoms with Crippen molar-refractivity contribution in [1.29, 1.82) is 0 Å². The molecule has 0 aliphatic carbocycles. The Hall–Kier alpha value is -1.59. The van der Waals surface area contributed by atoms with E-state index in [1.54, 1.807) is 24.3 Å². The second-order valence-electron chi connectivity index (χ2n) is 3.02. The van der Waals surface area contributed by atoms with Gasteiger partial charge in [-0.25, -0.2) is 5.48 Å². The molecule has 0 aliphatic heterocycles. The highest BCUT2D eigenvalue weighted by atomic mass is 35.5. The molecule has 1 aromatic carbocycles. The van der Waals surface area contributed by atoms with E-state index in [-0.39, 0.29) is 18.9 Å². The third kappa shape index (κ3) is 3.52. The third-order valence-corrected chi connectivity index (χ3v) is 2.21. The van der Waals surface area contributed by atoms with Gasteiger partial charge >= 0.3 is 0 Å². The number of amides is 2. The molecule has 0 atom stereocenters. The molecule has 6 heteroatoms. The Labute approximate surface area is 97.4 Å². The van der Waals surface area contributed by atoms with Crippen LogP contribution in [0.2, 0.25) is 5.02 Å². The van der Waals surface area contributed by atoms with Crippen LogP contribution >= 0.6 is 11.6 Å². The van der Waals surface area contributed by atoms with Crippen LogP contribution in [-0.2, 0) is 4.79 Å². The number of nitrogens with one attached hydrogen (secondary N) is 2. The van der Waals surface area contributed by atoms with Crippen molar-refractivity contribution in [3.05, 3.63) is 34.9 Å². The predicted molar refractivity (Wildman–Crippen MR) is 58.3 cm³/mol. The summed E-state index contributed by atoms with van der Waals surface area (Å²) in [6, 6.07) is 6.61. The number of halogens is 1. The largest absolute Gasteiger partial charge is 0.351 e. The fourth-order valence-electron chi connectivity index (χ4n) is 1.09. The van der Waals surface area contributed by atoms with Crippen LogP contribution < -0.4 is 10.8 Å². The standard InChI is InChI=1S/C10H11ClN2O3/c11-8-4-2-1-3-7(8)10(15)12-6-5-9(14)13-16/h1-4,16H,5-6H2,(H,12,15)(H,13,14). The molecular weight excluding hydrogens is 232 g/mol. The van der Waals surface area contributed by atoms with E-state index >= 15 is 0 Å². The summed E-state index contributed by atoms with van der Waals surface area (Å²) in [6.07, 6.45) is 0.00664. The van der Waals surface area contributed by atoms with Crippen LogP contribution in [0, 0.1) is 0 Å². The molecule has 0 unspecified atom stereocenters. The zero-order chi connectivity index (χ0) is 12.0. The Morgan fingerprint density at radius 3 is 2.62 bits per heavy atom. The SMILES string of the molecule is O=C(CCNC(=O)c1ccccc1Cl)NO. The summed E-state index contributed by atoms with van der Waals surface area (Å²) in [6.45, 7) is 0.135. The average molecular weight is 243 g/mol. The minimum atomic E-state index is -0.556. The molecule has 2 amide bonds. The van der Waals surface area contributed by atoms with E-state index < -0.39 is 5.91 Å². The highest BCUT2D eigenvalue weighted by Crippen LogP contribution is 2.14. The van der Waals surface area contributed by atoms with Gasteiger partial charge in [-0.15, -0.1) is 0 Å². The Morgan fingerprint density at radius 2 is 2.00 bits per heavy atom. The van der Waals surface area contributed by atoms with Crippen LogP contribution in [0.4, 0.5) is 0 Å². The summed E-state index contributed by atoms with van der Waals surface area (Å²) < 4.78 is 0. The molecule has 5 nitrogen and oxygen atoms in total. The Bertz CT molecular complexity index is 395. The van der Waals surface area contributed by atoms with E-state index in [1.165, 1.54) is 5.48 Å². The quantitative estimate of drug-likeness (QED) is 0.544. The van der Waals surface area contributed by atoms with Crippen molar-refractivity contribution in [3.63, 3.8) is 0 Å². The van der Waals surface area contributed by atoms with Crippen molar-refractivity contribution in [2.24, 2.45) is 0 Å². The molecule has 0 radical (unpaired) electrons. The van der Waals surface area contributed by atoms with Gasteiger partial charge in [0.25, 0.3) is 5.91 Å². The lowest BCUT2D eigenvalue weighted by atomic mass is 10.2. The number of carbonyl (C=O) groups is 2. The van der Waals surface area contributed by atoms with E-state index in [4.69, 9.17) is 16.8 Å². The molecule has 0 spiro atoms. The summed E-state index contributed by atoms with van der Waals surface area (Å²) in [5, 5.41) is 11.1. The fourth-order valence-corrected chi connectivity index (χ4v) is 1.31. The Kier molecular flexibility index (Phi) is 4.75. The monoisotopic (exact) mass is 242 g/mol. The number of hydrogen-bond donors (Lipinski definition) is 3. The van der Waals surface area contributed by atoms with E-state index in [1.807, 2.05) is 0 Å². The summed E-state index contributed by atoms with van der Waals surface area (Å²) >= 11 is 5.81. The maximum atomic E-state index is 11.5. The van der Waals surface area contributed by atoms with Crippen molar-refractivity contribution in [3.8, 4) is 0 Å². The van der Waals surface area contributed by atoms with Crippen molar-refractivity contribution in [2.75, 3.05) is 6.54 Å². The van der Waals surface area contributed by atoms with Gasteiger partial charge < -0.3 is 5.32 Å². The van der Waals surface area contributed by atoms with Crippen LogP contribution in [-0.4, -0.2) is 23.6 Å². The topological polar surface area (TPSA) is 78.4 Å². The highest BCUT2D eigenvalue weighted by Gasteiger charge is 2.09. The third-order valence-electron chi connectivity index (χ3n) is 1.88. The second-order valence-corrected chi connectivity index (χ2v) is 3.43. The van der Waals surface area contributed by atoms with E-state index in [9.17, 15) is 9.59 Å². The molecule has 1 aromatic rings. The zero-order valence-electron chi connectivity index (χ0n) is 8.37. The van der Waals surface area contributed by atoms with Crippen LogP contribution in [0.5, 0.6) is 0 Å². The fraction of sp³-hybridized carbons (Fsp3) is 0.200. The van der Waals surface area contributed by atoms with Gasteiger partial charge in [-0.3, -0.25) is 14.8 Å². The average Bonchev–Trinajstić information content (AvgIpc) is 2.29. The summed E-state index contributed by atoms with van der Waals surface area (Å²) in [7, 11) is 0. The van der Waals surface area contributed by atoms with Gasteiger partial charge in [-0.2, -0.15) is 0 Å². The van der Waals surface area contributed by atoms with Gasteiger partial charge in [0, 0.05) is 13.0 Å². The second kappa shape index (κ2) is 6.09. The van der Waals surface area contributed by atoms with Gasteiger partial charge in [0.05, 0.1) is 10.6 Å². The lowest BCUT2D eigenvalue weighted by molar-refractivity contribution is -0.129. The number of rotatable bonds is 4. The van der Waals surface area contributed by atoms with Gasteiger partial charge in [0.2, 0.25) is 5.91 Å². The molecule has 1 rings (SSSR count). The molecule has 0 fully saturated rings. The van der Waals surface area contributed by atoms with Gasteiger partial charge in [-0.1, -0.05) is 23.7 Å². The predicted octanol–water partition coefficient (Wildman–Crippen LogP) is 0.965. The molecule has 0 aromatic heterocycles. The smallest absolute Gasteiger partial charge is 0.252 e. The normalized spacial score (nSPS) is 9.62. The number of hydrogen-bond acceptors (Lipinski definition) is 3. The molecular formula is C10H11ClN2O3. The van der Waals surface area contributed by atoms with Crippen molar-refractivity contribution < 1.29 is 14.8 Å². The van der Waals surface area contributed by atoms with Crippen LogP contribution in [0.25, 0.3) is 0 Å². The minimum absolute atomic E-state index is 0.00664. The van der Waals surface area contributed by atoms with Crippen LogP contribution in [0.15, 0.2) is 24.3 Å². The first-order valence-electron chi connectivity index (χ1n) is 4.61. The number of hydroxylamine groups is 1. The molecule has 0 saturated heterocycles. The molecule has 3 N–H and O–H groups in total.